The molecule has 1 aromatic rings. The lowest BCUT2D eigenvalue weighted by atomic mass is 10.2. The number of ether oxygens (including phenoxy) is 1. The van der Waals surface area contributed by atoms with E-state index in [0.717, 1.165) is 17.6 Å². The number of hydrogen-bond acceptors (Lipinski definition) is 3. The number of carbonyl (C=O) groups excluding carboxylic acids is 1. The molecule has 0 aliphatic heterocycles. The zero-order valence-electron chi connectivity index (χ0n) is 9.57. The molecule has 1 aromatic carbocycles. The van der Waals surface area contributed by atoms with Gasteiger partial charge in [-0.25, -0.2) is 4.79 Å². The molecule has 0 bridgehead atoms. The van der Waals surface area contributed by atoms with Gasteiger partial charge in [-0.1, -0.05) is 15.9 Å². The van der Waals surface area contributed by atoms with Crippen LogP contribution in [0.5, 0.6) is 0 Å². The Labute approximate surface area is 105 Å². The topological polar surface area (TPSA) is 29.5 Å². The highest BCUT2D eigenvalue weighted by atomic mass is 79.9. The van der Waals surface area contributed by atoms with Crippen LogP contribution in [0.1, 0.15) is 17.3 Å². The molecule has 0 amide bonds. The van der Waals surface area contributed by atoms with Crippen LogP contribution in [0, 0.1) is 0 Å². The van der Waals surface area contributed by atoms with Gasteiger partial charge >= 0.3 is 5.97 Å². The number of alkyl halides is 1. The molecule has 0 N–H and O–H groups in total. The molecule has 0 saturated carbocycles. The summed E-state index contributed by atoms with van der Waals surface area (Å²) in [4.78, 5) is 13.5. The fourth-order valence-electron chi connectivity index (χ4n) is 1.32. The molecule has 0 unspecified atom stereocenters. The summed E-state index contributed by atoms with van der Waals surface area (Å²) < 4.78 is 4.92. The van der Waals surface area contributed by atoms with Gasteiger partial charge in [0.05, 0.1) is 12.2 Å². The van der Waals surface area contributed by atoms with Crippen molar-refractivity contribution in [1.82, 2.24) is 0 Å². The van der Waals surface area contributed by atoms with Crippen LogP contribution in [0.15, 0.2) is 24.3 Å². The molecule has 1 rings (SSSR count). The summed E-state index contributed by atoms with van der Waals surface area (Å²) in [6.07, 6.45) is 0. The molecule has 0 atom stereocenters. The number of benzene rings is 1. The Kier molecular flexibility index (Phi) is 5.32. The lowest BCUT2D eigenvalue weighted by Gasteiger charge is -2.17. The predicted molar refractivity (Wildman–Crippen MR) is 69.5 cm³/mol. The van der Waals surface area contributed by atoms with E-state index in [9.17, 15) is 4.79 Å². The number of anilines is 1. The third-order valence-corrected chi connectivity index (χ3v) is 2.59. The summed E-state index contributed by atoms with van der Waals surface area (Å²) >= 11 is 3.39. The van der Waals surface area contributed by atoms with Crippen LogP contribution in [0.2, 0.25) is 0 Å². The van der Waals surface area contributed by atoms with Gasteiger partial charge in [0.2, 0.25) is 0 Å². The number of carbonyl (C=O) groups is 1. The molecule has 0 heterocycles. The van der Waals surface area contributed by atoms with E-state index < -0.39 is 0 Å². The maximum absolute atomic E-state index is 11.4. The van der Waals surface area contributed by atoms with Crippen LogP contribution in [-0.2, 0) is 4.74 Å². The Morgan fingerprint density at radius 3 is 2.50 bits per heavy atom. The summed E-state index contributed by atoms with van der Waals surface area (Å²) in [6, 6.07) is 7.43. The number of rotatable bonds is 5. The first kappa shape index (κ1) is 13.0. The van der Waals surface area contributed by atoms with Gasteiger partial charge in [0, 0.05) is 24.6 Å². The van der Waals surface area contributed by atoms with Crippen molar-refractivity contribution < 1.29 is 9.53 Å². The average molecular weight is 286 g/mol. The maximum Gasteiger partial charge on any atom is 0.338 e. The van der Waals surface area contributed by atoms with Crippen molar-refractivity contribution in [1.29, 1.82) is 0 Å². The summed E-state index contributed by atoms with van der Waals surface area (Å²) in [7, 11) is 2.01. The molecule has 4 heteroatoms. The molecule has 0 aromatic heterocycles. The SMILES string of the molecule is CCOC(=O)c1ccc(N(C)CCBr)cc1. The third-order valence-electron chi connectivity index (χ3n) is 2.24. The van der Waals surface area contributed by atoms with Crippen LogP contribution >= 0.6 is 15.9 Å². The largest absolute Gasteiger partial charge is 0.462 e. The summed E-state index contributed by atoms with van der Waals surface area (Å²) in [5.74, 6) is -0.266. The van der Waals surface area contributed by atoms with Gasteiger partial charge in [0.25, 0.3) is 0 Å². The van der Waals surface area contributed by atoms with Gasteiger partial charge in [0.1, 0.15) is 0 Å². The molecule has 3 nitrogen and oxygen atoms in total. The van der Waals surface area contributed by atoms with Crippen LogP contribution < -0.4 is 4.90 Å². The Bertz CT molecular complexity index is 337. The van der Waals surface area contributed by atoms with Gasteiger partial charge in [-0.3, -0.25) is 0 Å². The van der Waals surface area contributed by atoms with Crippen LogP contribution in [0.4, 0.5) is 5.69 Å². The van der Waals surface area contributed by atoms with Gasteiger partial charge in [0.15, 0.2) is 0 Å². The molecule has 0 fully saturated rings. The minimum Gasteiger partial charge on any atom is -0.462 e. The summed E-state index contributed by atoms with van der Waals surface area (Å²) in [5, 5.41) is 0.920. The first-order valence-electron chi connectivity index (χ1n) is 5.23. The molecule has 0 radical (unpaired) electrons. The van der Waals surface area contributed by atoms with Crippen LogP contribution in [0.25, 0.3) is 0 Å². The fraction of sp³-hybridized carbons (Fsp3) is 0.417. The predicted octanol–water partition coefficient (Wildman–Crippen LogP) is 2.69. The van der Waals surface area contributed by atoms with Crippen molar-refractivity contribution in [2.45, 2.75) is 6.92 Å². The quantitative estimate of drug-likeness (QED) is 0.615. The summed E-state index contributed by atoms with van der Waals surface area (Å²) in [6.45, 7) is 3.14. The molecule has 88 valence electrons. The van der Waals surface area contributed by atoms with E-state index in [0.29, 0.717) is 12.2 Å². The Balaban J connectivity index is 2.71. The minimum absolute atomic E-state index is 0.266. The van der Waals surface area contributed by atoms with E-state index in [4.69, 9.17) is 4.74 Å². The maximum atomic E-state index is 11.4. The van der Waals surface area contributed by atoms with E-state index >= 15 is 0 Å². The highest BCUT2D eigenvalue weighted by molar-refractivity contribution is 9.09. The molecule has 16 heavy (non-hydrogen) atoms. The van der Waals surface area contributed by atoms with E-state index in [-0.39, 0.29) is 5.97 Å². The van der Waals surface area contributed by atoms with Crippen molar-refractivity contribution in [3.8, 4) is 0 Å². The number of esters is 1. The Hall–Kier alpha value is -1.03. The van der Waals surface area contributed by atoms with Gasteiger partial charge in [-0.2, -0.15) is 0 Å². The van der Waals surface area contributed by atoms with E-state index in [1.165, 1.54) is 0 Å². The van der Waals surface area contributed by atoms with Crippen molar-refractivity contribution in [3.05, 3.63) is 29.8 Å². The lowest BCUT2D eigenvalue weighted by Crippen LogP contribution is -2.19. The van der Waals surface area contributed by atoms with Crippen LogP contribution in [-0.4, -0.2) is 31.5 Å². The van der Waals surface area contributed by atoms with Crippen molar-refractivity contribution in [2.75, 3.05) is 30.4 Å². The normalized spacial score (nSPS) is 9.94. The number of hydrogen-bond donors (Lipinski definition) is 0. The Morgan fingerprint density at radius 1 is 1.38 bits per heavy atom. The number of nitrogens with zero attached hydrogens (tertiary/aromatic N) is 1. The van der Waals surface area contributed by atoms with E-state index in [1.807, 2.05) is 19.2 Å². The average Bonchev–Trinajstić information content (AvgIpc) is 2.30. The standard InChI is InChI=1S/C12H16BrNO2/c1-3-16-12(15)10-4-6-11(7-5-10)14(2)9-8-13/h4-7H,3,8-9H2,1-2H3. The molecule has 0 saturated heterocycles. The number of halogens is 1. The highest BCUT2D eigenvalue weighted by Gasteiger charge is 2.06. The minimum atomic E-state index is -0.266. The second-order valence-corrected chi connectivity index (χ2v) is 4.17. The second kappa shape index (κ2) is 6.53. The highest BCUT2D eigenvalue weighted by Crippen LogP contribution is 2.14. The van der Waals surface area contributed by atoms with Crippen molar-refractivity contribution >= 4 is 27.6 Å². The first-order chi connectivity index (χ1) is 7.69. The zero-order chi connectivity index (χ0) is 12.0. The molecule has 0 spiro atoms. The third kappa shape index (κ3) is 3.52. The van der Waals surface area contributed by atoms with Crippen molar-refractivity contribution in [3.63, 3.8) is 0 Å². The van der Waals surface area contributed by atoms with Crippen LogP contribution in [0.3, 0.4) is 0 Å². The molecular formula is C12H16BrNO2. The van der Waals surface area contributed by atoms with E-state index in [2.05, 4.69) is 20.8 Å². The summed E-state index contributed by atoms with van der Waals surface area (Å²) in [5.41, 5.74) is 1.69. The zero-order valence-corrected chi connectivity index (χ0v) is 11.2. The van der Waals surface area contributed by atoms with Gasteiger partial charge in [-0.05, 0) is 31.2 Å². The molecule has 0 aliphatic rings. The van der Waals surface area contributed by atoms with Crippen molar-refractivity contribution in [2.24, 2.45) is 0 Å². The van der Waals surface area contributed by atoms with E-state index in [1.54, 1.807) is 19.1 Å². The Morgan fingerprint density at radius 2 is 2.00 bits per heavy atom. The van der Waals surface area contributed by atoms with Gasteiger partial charge < -0.3 is 9.64 Å². The fourth-order valence-corrected chi connectivity index (χ4v) is 1.85. The molecular weight excluding hydrogens is 270 g/mol. The van der Waals surface area contributed by atoms with Gasteiger partial charge in [-0.15, -0.1) is 0 Å². The lowest BCUT2D eigenvalue weighted by molar-refractivity contribution is 0.0526. The monoisotopic (exact) mass is 285 g/mol. The smallest absolute Gasteiger partial charge is 0.338 e. The molecule has 0 aliphatic carbocycles. The first-order valence-corrected chi connectivity index (χ1v) is 6.35. The second-order valence-electron chi connectivity index (χ2n) is 3.38.